The van der Waals surface area contributed by atoms with Crippen LogP contribution >= 0.6 is 0 Å². The molecule has 0 heterocycles. The Balaban J connectivity index is 1.77. The van der Waals surface area contributed by atoms with E-state index in [9.17, 15) is 9.59 Å². The predicted octanol–water partition coefficient (Wildman–Crippen LogP) is 4.41. The van der Waals surface area contributed by atoms with Gasteiger partial charge in [0.1, 0.15) is 5.78 Å². The fraction of sp³-hybridized carbons (Fsp3) is 0.667. The molecule has 0 spiro atoms. The van der Waals surface area contributed by atoms with E-state index in [0.717, 1.165) is 44.9 Å². The van der Waals surface area contributed by atoms with Gasteiger partial charge in [0.05, 0.1) is 0 Å². The van der Waals surface area contributed by atoms with Gasteiger partial charge in [-0.3, -0.25) is 9.59 Å². The van der Waals surface area contributed by atoms with Crippen molar-refractivity contribution in [3.05, 3.63) is 30.0 Å². The molecule has 5 unspecified atom stereocenters. The molecular weight excluding hydrogens is 284 g/mol. The smallest absolute Gasteiger partial charge is 0.155 e. The lowest BCUT2D eigenvalue weighted by Gasteiger charge is -2.56. The zero-order valence-electron chi connectivity index (χ0n) is 14.1. The molecule has 122 valence electrons. The highest BCUT2D eigenvalue weighted by molar-refractivity contribution is 5.92. The van der Waals surface area contributed by atoms with Gasteiger partial charge in [0.2, 0.25) is 0 Å². The summed E-state index contributed by atoms with van der Waals surface area (Å²) in [6.45, 7) is 6.06. The van der Waals surface area contributed by atoms with Crippen molar-refractivity contribution < 1.29 is 9.59 Å². The number of carbonyl (C=O) groups is 2. The Kier molecular flexibility index (Phi) is 3.32. The van der Waals surface area contributed by atoms with Crippen molar-refractivity contribution in [3.8, 4) is 0 Å². The van der Waals surface area contributed by atoms with E-state index in [0.29, 0.717) is 30.0 Å². The predicted molar refractivity (Wildman–Crippen MR) is 89.8 cm³/mol. The number of carbonyl (C=O) groups excluding carboxylic acids is 2. The molecule has 2 heteroatoms. The second kappa shape index (κ2) is 5.05. The van der Waals surface area contributed by atoms with Crippen molar-refractivity contribution in [2.75, 3.05) is 0 Å². The first-order valence-corrected chi connectivity index (χ1v) is 9.15. The van der Waals surface area contributed by atoms with Gasteiger partial charge in [-0.25, -0.2) is 0 Å². The molecule has 0 N–H and O–H groups in total. The lowest BCUT2D eigenvalue weighted by atomic mass is 9.47. The summed E-state index contributed by atoms with van der Waals surface area (Å²) >= 11 is 0. The van der Waals surface area contributed by atoms with E-state index in [1.165, 1.54) is 5.57 Å². The summed E-state index contributed by atoms with van der Waals surface area (Å²) in [4.78, 5) is 24.4. The molecule has 3 fully saturated rings. The SMILES string of the molecule is C=C=CC12CCC(=O)C=C1CCC1C3CCC(=O)C3(C)CCC12. The third-order valence-corrected chi connectivity index (χ3v) is 7.63. The van der Waals surface area contributed by atoms with E-state index in [4.69, 9.17) is 0 Å². The molecule has 0 bridgehead atoms. The van der Waals surface area contributed by atoms with Gasteiger partial charge in [-0.15, -0.1) is 5.73 Å². The van der Waals surface area contributed by atoms with Gasteiger partial charge < -0.3 is 0 Å². The first-order chi connectivity index (χ1) is 11.0. The molecule has 5 atom stereocenters. The number of ketones is 2. The van der Waals surface area contributed by atoms with Crippen molar-refractivity contribution in [2.45, 2.75) is 58.3 Å². The molecule has 0 aromatic heterocycles. The Hall–Kier alpha value is -1.40. The summed E-state index contributed by atoms with van der Waals surface area (Å²) in [6, 6.07) is 0. The van der Waals surface area contributed by atoms with Crippen LogP contribution in [-0.4, -0.2) is 11.6 Å². The summed E-state index contributed by atoms with van der Waals surface area (Å²) in [7, 11) is 0. The van der Waals surface area contributed by atoms with Gasteiger partial charge in [-0.1, -0.05) is 19.1 Å². The highest BCUT2D eigenvalue weighted by atomic mass is 16.1. The quantitative estimate of drug-likeness (QED) is 0.672. The Morgan fingerprint density at radius 3 is 2.74 bits per heavy atom. The topological polar surface area (TPSA) is 34.1 Å². The second-order valence-corrected chi connectivity index (χ2v) is 8.36. The summed E-state index contributed by atoms with van der Waals surface area (Å²) in [5.41, 5.74) is 4.29. The third-order valence-electron chi connectivity index (χ3n) is 7.63. The van der Waals surface area contributed by atoms with E-state index in [1.54, 1.807) is 0 Å². The van der Waals surface area contributed by atoms with Crippen LogP contribution in [0.15, 0.2) is 30.0 Å². The zero-order valence-corrected chi connectivity index (χ0v) is 14.1. The molecule has 23 heavy (non-hydrogen) atoms. The maximum Gasteiger partial charge on any atom is 0.155 e. The Morgan fingerprint density at radius 2 is 1.96 bits per heavy atom. The molecule has 3 saturated carbocycles. The molecule has 0 aliphatic heterocycles. The van der Waals surface area contributed by atoms with Gasteiger partial charge >= 0.3 is 0 Å². The Labute approximate surface area is 138 Å². The minimum absolute atomic E-state index is 0.00839. The average molecular weight is 310 g/mol. The van der Waals surface area contributed by atoms with Gasteiger partial charge in [0.15, 0.2) is 5.78 Å². The number of rotatable bonds is 1. The van der Waals surface area contributed by atoms with Crippen molar-refractivity contribution in [1.82, 2.24) is 0 Å². The average Bonchev–Trinajstić information content (AvgIpc) is 2.84. The third kappa shape index (κ3) is 1.94. The van der Waals surface area contributed by atoms with Crippen LogP contribution in [0.5, 0.6) is 0 Å². The monoisotopic (exact) mass is 310 g/mol. The normalized spacial score (nSPS) is 45.4. The molecule has 4 rings (SSSR count). The van der Waals surface area contributed by atoms with E-state index in [2.05, 4.69) is 25.3 Å². The molecule has 0 radical (unpaired) electrons. The van der Waals surface area contributed by atoms with Gasteiger partial charge in [-0.2, -0.15) is 0 Å². The van der Waals surface area contributed by atoms with E-state index >= 15 is 0 Å². The molecule has 0 aromatic carbocycles. The molecule has 4 aliphatic rings. The molecule has 0 aromatic rings. The lowest BCUT2D eigenvalue weighted by molar-refractivity contribution is -0.132. The first-order valence-electron chi connectivity index (χ1n) is 9.15. The molecule has 0 saturated heterocycles. The molecule has 0 amide bonds. The maximum absolute atomic E-state index is 12.4. The fourth-order valence-electron chi connectivity index (χ4n) is 6.50. The molecular formula is C21H26O2. The van der Waals surface area contributed by atoms with Gasteiger partial charge in [0.25, 0.3) is 0 Å². The number of hydrogen-bond acceptors (Lipinski definition) is 2. The van der Waals surface area contributed by atoms with E-state index in [-0.39, 0.29) is 16.6 Å². The minimum atomic E-state index is -0.0774. The number of fused-ring (bicyclic) bond motifs is 5. The summed E-state index contributed by atoms with van der Waals surface area (Å²) in [6.07, 6.45) is 11.8. The van der Waals surface area contributed by atoms with Crippen LogP contribution in [-0.2, 0) is 9.59 Å². The number of allylic oxidation sites excluding steroid dienone is 2. The maximum atomic E-state index is 12.4. The second-order valence-electron chi connectivity index (χ2n) is 8.36. The standard InChI is InChI=1S/C21H26O2/c1-3-10-21-12-8-15(22)13-14(21)4-5-16-17-6-7-19(23)20(17,2)11-9-18(16)21/h10,13,16-18H,1,4-9,11-12H2,2H3. The first kappa shape index (κ1) is 15.1. The Morgan fingerprint density at radius 1 is 1.13 bits per heavy atom. The van der Waals surface area contributed by atoms with Crippen molar-refractivity contribution in [3.63, 3.8) is 0 Å². The summed E-state index contributed by atoms with van der Waals surface area (Å²) in [5, 5.41) is 0. The van der Waals surface area contributed by atoms with E-state index in [1.807, 2.05) is 6.08 Å². The van der Waals surface area contributed by atoms with Crippen molar-refractivity contribution >= 4 is 11.6 Å². The summed E-state index contributed by atoms with van der Waals surface area (Å²) in [5.74, 6) is 2.50. The van der Waals surface area contributed by atoms with Crippen LogP contribution in [0.25, 0.3) is 0 Å². The largest absolute Gasteiger partial charge is 0.299 e. The number of hydrogen-bond donors (Lipinski definition) is 0. The van der Waals surface area contributed by atoms with Crippen molar-refractivity contribution in [1.29, 1.82) is 0 Å². The van der Waals surface area contributed by atoms with Crippen LogP contribution in [0, 0.1) is 28.6 Å². The molecule has 4 aliphatic carbocycles. The lowest BCUT2D eigenvalue weighted by Crippen LogP contribution is -2.51. The highest BCUT2D eigenvalue weighted by Gasteiger charge is 2.59. The van der Waals surface area contributed by atoms with Crippen LogP contribution in [0.3, 0.4) is 0 Å². The van der Waals surface area contributed by atoms with E-state index < -0.39 is 0 Å². The fourth-order valence-corrected chi connectivity index (χ4v) is 6.50. The zero-order chi connectivity index (χ0) is 16.2. The van der Waals surface area contributed by atoms with Crippen LogP contribution < -0.4 is 0 Å². The van der Waals surface area contributed by atoms with Crippen LogP contribution in [0.4, 0.5) is 0 Å². The van der Waals surface area contributed by atoms with Crippen molar-refractivity contribution in [2.24, 2.45) is 28.6 Å². The Bertz CT molecular complexity index is 651. The number of Topliss-reactive ketones (excluding diaryl/α,β-unsaturated/α-hetero) is 1. The van der Waals surface area contributed by atoms with Gasteiger partial charge in [0, 0.05) is 23.7 Å². The molecule has 2 nitrogen and oxygen atoms in total. The summed E-state index contributed by atoms with van der Waals surface area (Å²) < 4.78 is 0. The van der Waals surface area contributed by atoms with Crippen LogP contribution in [0.2, 0.25) is 0 Å². The highest BCUT2D eigenvalue weighted by Crippen LogP contribution is 2.64. The van der Waals surface area contributed by atoms with Gasteiger partial charge in [-0.05, 0) is 68.4 Å². The van der Waals surface area contributed by atoms with Crippen LogP contribution in [0.1, 0.15) is 58.3 Å². The minimum Gasteiger partial charge on any atom is -0.299 e.